The van der Waals surface area contributed by atoms with Crippen LogP contribution < -0.4 is 16.0 Å². The van der Waals surface area contributed by atoms with E-state index in [4.69, 9.17) is 0 Å². The summed E-state index contributed by atoms with van der Waals surface area (Å²) in [5.41, 5.74) is 1.70. The van der Waals surface area contributed by atoms with Crippen LogP contribution in [0.3, 0.4) is 0 Å². The van der Waals surface area contributed by atoms with Crippen molar-refractivity contribution in [3.05, 3.63) is 64.2 Å². The summed E-state index contributed by atoms with van der Waals surface area (Å²) in [5, 5.41) is 17.6. The summed E-state index contributed by atoms with van der Waals surface area (Å²) >= 11 is 0. The summed E-state index contributed by atoms with van der Waals surface area (Å²) in [6.07, 6.45) is 0. The van der Waals surface area contributed by atoms with Crippen LogP contribution in [-0.4, -0.2) is 29.2 Å². The highest BCUT2D eigenvalue weighted by molar-refractivity contribution is 6.39. The van der Waals surface area contributed by atoms with Gasteiger partial charge < -0.3 is 16.0 Å². The number of hydrogen-bond donors (Lipinski definition) is 3. The van der Waals surface area contributed by atoms with E-state index >= 15 is 0 Å². The van der Waals surface area contributed by atoms with Gasteiger partial charge in [-0.2, -0.15) is 0 Å². The van der Waals surface area contributed by atoms with E-state index in [0.29, 0.717) is 11.4 Å². The molecule has 9 heteroatoms. The van der Waals surface area contributed by atoms with Gasteiger partial charge in [0.2, 0.25) is 5.91 Å². The number of benzene rings is 2. The Labute approximate surface area is 148 Å². The zero-order chi connectivity index (χ0) is 19.1. The quantitative estimate of drug-likeness (QED) is 0.425. The standard InChI is InChI=1S/C17H16N4O5/c1-11-2-4-13(5-3-11)20-17(24)16(23)18-10-15(22)19-12-6-8-14(9-7-12)21(25)26/h2-9H,10H2,1H3,(H,18,23)(H,19,22)(H,20,24). The Morgan fingerprint density at radius 1 is 0.885 bits per heavy atom. The number of anilines is 2. The minimum atomic E-state index is -0.954. The van der Waals surface area contributed by atoms with E-state index in [-0.39, 0.29) is 5.69 Å². The fourth-order valence-electron chi connectivity index (χ4n) is 1.94. The largest absolute Gasteiger partial charge is 0.339 e. The van der Waals surface area contributed by atoms with Crippen LogP contribution in [-0.2, 0) is 14.4 Å². The molecule has 0 bridgehead atoms. The normalized spacial score (nSPS) is 9.88. The van der Waals surface area contributed by atoms with Crippen LogP contribution in [0.2, 0.25) is 0 Å². The Kier molecular flexibility index (Phi) is 5.99. The number of amides is 3. The number of nitrogens with one attached hydrogen (secondary N) is 3. The Balaban J connectivity index is 1.80. The second-order valence-electron chi connectivity index (χ2n) is 5.35. The van der Waals surface area contributed by atoms with Gasteiger partial charge in [0.15, 0.2) is 0 Å². The molecule has 3 N–H and O–H groups in total. The molecule has 0 heterocycles. The highest BCUT2D eigenvalue weighted by Gasteiger charge is 2.15. The van der Waals surface area contributed by atoms with Gasteiger partial charge in [-0.05, 0) is 31.2 Å². The third-order valence-corrected chi connectivity index (χ3v) is 3.29. The summed E-state index contributed by atoms with van der Waals surface area (Å²) in [4.78, 5) is 45.2. The van der Waals surface area contributed by atoms with Crippen molar-refractivity contribution in [3.63, 3.8) is 0 Å². The number of aryl methyl sites for hydroxylation is 1. The number of non-ortho nitro benzene ring substituents is 1. The molecule has 0 unspecified atom stereocenters. The molecule has 0 saturated carbocycles. The molecular formula is C17H16N4O5. The zero-order valence-electron chi connectivity index (χ0n) is 13.8. The van der Waals surface area contributed by atoms with Crippen molar-refractivity contribution in [1.29, 1.82) is 0 Å². The molecule has 2 aromatic rings. The smallest absolute Gasteiger partial charge is 0.313 e. The maximum atomic E-state index is 11.8. The fraction of sp³-hybridized carbons (Fsp3) is 0.118. The van der Waals surface area contributed by atoms with Crippen LogP contribution in [0.5, 0.6) is 0 Å². The van der Waals surface area contributed by atoms with Crippen molar-refractivity contribution in [2.45, 2.75) is 6.92 Å². The molecule has 26 heavy (non-hydrogen) atoms. The van der Waals surface area contributed by atoms with Gasteiger partial charge >= 0.3 is 11.8 Å². The number of nitro groups is 1. The molecule has 2 aromatic carbocycles. The van der Waals surface area contributed by atoms with E-state index in [0.717, 1.165) is 5.56 Å². The summed E-state index contributed by atoms with van der Waals surface area (Å²) in [7, 11) is 0. The van der Waals surface area contributed by atoms with Crippen molar-refractivity contribution >= 4 is 34.8 Å². The SMILES string of the molecule is Cc1ccc(NC(=O)C(=O)NCC(=O)Nc2ccc([N+](=O)[O-])cc2)cc1. The zero-order valence-corrected chi connectivity index (χ0v) is 13.8. The van der Waals surface area contributed by atoms with Gasteiger partial charge in [-0.3, -0.25) is 24.5 Å². The lowest BCUT2D eigenvalue weighted by Crippen LogP contribution is -2.39. The topological polar surface area (TPSA) is 130 Å². The first-order chi connectivity index (χ1) is 12.3. The van der Waals surface area contributed by atoms with Crippen molar-refractivity contribution in [2.24, 2.45) is 0 Å². The number of nitro benzene ring substituents is 1. The van der Waals surface area contributed by atoms with Crippen LogP contribution in [0.1, 0.15) is 5.56 Å². The predicted octanol–water partition coefficient (Wildman–Crippen LogP) is 1.60. The molecule has 0 fully saturated rings. The molecule has 0 atom stereocenters. The Hall–Kier alpha value is -3.75. The highest BCUT2D eigenvalue weighted by atomic mass is 16.6. The summed E-state index contributed by atoms with van der Waals surface area (Å²) in [6.45, 7) is 1.47. The Bertz CT molecular complexity index is 831. The van der Waals surface area contributed by atoms with E-state index in [2.05, 4.69) is 16.0 Å². The van der Waals surface area contributed by atoms with Crippen LogP contribution in [0.25, 0.3) is 0 Å². The molecule has 0 aliphatic rings. The van der Waals surface area contributed by atoms with E-state index < -0.39 is 29.2 Å². The third-order valence-electron chi connectivity index (χ3n) is 3.29. The lowest BCUT2D eigenvalue weighted by molar-refractivity contribution is -0.384. The number of carbonyl (C=O) groups excluding carboxylic acids is 3. The van der Waals surface area contributed by atoms with E-state index in [9.17, 15) is 24.5 Å². The molecule has 0 aromatic heterocycles. The minimum absolute atomic E-state index is 0.107. The average molecular weight is 356 g/mol. The van der Waals surface area contributed by atoms with Crippen LogP contribution >= 0.6 is 0 Å². The van der Waals surface area contributed by atoms with Gasteiger partial charge in [-0.25, -0.2) is 0 Å². The van der Waals surface area contributed by atoms with Gasteiger partial charge in [-0.1, -0.05) is 17.7 Å². The highest BCUT2D eigenvalue weighted by Crippen LogP contribution is 2.15. The molecular weight excluding hydrogens is 340 g/mol. The predicted molar refractivity (Wildman–Crippen MR) is 94.5 cm³/mol. The molecule has 0 radical (unpaired) electrons. The molecule has 2 rings (SSSR count). The van der Waals surface area contributed by atoms with Gasteiger partial charge in [0.1, 0.15) is 0 Å². The van der Waals surface area contributed by atoms with E-state index in [1.54, 1.807) is 24.3 Å². The summed E-state index contributed by atoms with van der Waals surface area (Å²) in [5.74, 6) is -2.42. The maximum Gasteiger partial charge on any atom is 0.313 e. The first-order valence-electron chi connectivity index (χ1n) is 7.55. The molecule has 3 amide bonds. The van der Waals surface area contributed by atoms with Gasteiger partial charge in [0.05, 0.1) is 11.5 Å². The van der Waals surface area contributed by atoms with Gasteiger partial charge in [0, 0.05) is 23.5 Å². The van der Waals surface area contributed by atoms with Crippen LogP contribution in [0.15, 0.2) is 48.5 Å². The lowest BCUT2D eigenvalue weighted by Gasteiger charge is -2.08. The van der Waals surface area contributed by atoms with Gasteiger partial charge in [-0.15, -0.1) is 0 Å². The van der Waals surface area contributed by atoms with E-state index in [1.807, 2.05) is 6.92 Å². The number of rotatable bonds is 5. The molecule has 0 spiro atoms. The van der Waals surface area contributed by atoms with Gasteiger partial charge in [0.25, 0.3) is 5.69 Å². The fourth-order valence-corrected chi connectivity index (χ4v) is 1.94. The van der Waals surface area contributed by atoms with Crippen molar-refractivity contribution in [1.82, 2.24) is 5.32 Å². The third kappa shape index (κ3) is 5.41. The molecule has 0 aliphatic heterocycles. The van der Waals surface area contributed by atoms with Crippen molar-refractivity contribution in [2.75, 3.05) is 17.2 Å². The summed E-state index contributed by atoms with van der Waals surface area (Å²) in [6, 6.07) is 12.1. The van der Waals surface area contributed by atoms with Crippen LogP contribution in [0.4, 0.5) is 17.1 Å². The first kappa shape index (κ1) is 18.6. The second kappa shape index (κ2) is 8.38. The molecule has 0 saturated heterocycles. The van der Waals surface area contributed by atoms with Crippen molar-refractivity contribution < 1.29 is 19.3 Å². The monoisotopic (exact) mass is 356 g/mol. The number of nitrogens with zero attached hydrogens (tertiary/aromatic N) is 1. The van der Waals surface area contributed by atoms with Crippen molar-refractivity contribution in [3.8, 4) is 0 Å². The second-order valence-corrected chi connectivity index (χ2v) is 5.35. The number of hydrogen-bond acceptors (Lipinski definition) is 5. The molecule has 134 valence electrons. The molecule has 9 nitrogen and oxygen atoms in total. The Morgan fingerprint density at radius 3 is 2.00 bits per heavy atom. The minimum Gasteiger partial charge on any atom is -0.339 e. The average Bonchev–Trinajstić information content (AvgIpc) is 2.62. The maximum absolute atomic E-state index is 11.8. The first-order valence-corrected chi connectivity index (χ1v) is 7.55. The summed E-state index contributed by atoms with van der Waals surface area (Å²) < 4.78 is 0. The number of carbonyl (C=O) groups is 3. The Morgan fingerprint density at radius 2 is 1.42 bits per heavy atom. The molecule has 0 aliphatic carbocycles. The lowest BCUT2D eigenvalue weighted by atomic mass is 10.2. The van der Waals surface area contributed by atoms with Crippen LogP contribution in [0, 0.1) is 17.0 Å². The van der Waals surface area contributed by atoms with E-state index in [1.165, 1.54) is 24.3 Å².